The van der Waals surface area contributed by atoms with Gasteiger partial charge in [0.05, 0.1) is 6.61 Å². The van der Waals surface area contributed by atoms with Gasteiger partial charge >= 0.3 is 0 Å². The fraction of sp³-hybridized carbons (Fsp3) is 0.625. The van der Waals surface area contributed by atoms with Gasteiger partial charge in [-0.25, -0.2) is 0 Å². The van der Waals surface area contributed by atoms with E-state index in [2.05, 4.69) is 37.4 Å². The van der Waals surface area contributed by atoms with Crippen LogP contribution < -0.4 is 10.1 Å². The molecule has 0 amide bonds. The van der Waals surface area contributed by atoms with E-state index < -0.39 is 0 Å². The molecule has 0 unspecified atom stereocenters. The fourth-order valence-corrected chi connectivity index (χ4v) is 2.40. The lowest BCUT2D eigenvalue weighted by atomic mass is 10.2. The van der Waals surface area contributed by atoms with Crippen LogP contribution in [0, 0.1) is 5.92 Å². The Kier molecular flexibility index (Phi) is 5.06. The van der Waals surface area contributed by atoms with Gasteiger partial charge in [0.15, 0.2) is 0 Å². The zero-order valence-electron chi connectivity index (χ0n) is 11.6. The summed E-state index contributed by atoms with van der Waals surface area (Å²) in [6.07, 6.45) is 5.44. The predicted octanol–water partition coefficient (Wildman–Crippen LogP) is 3.75. The average molecular weight is 247 g/mol. The lowest BCUT2D eigenvalue weighted by Gasteiger charge is -2.13. The van der Waals surface area contributed by atoms with Gasteiger partial charge in [0.25, 0.3) is 0 Å². The van der Waals surface area contributed by atoms with E-state index in [1.54, 1.807) is 0 Å². The van der Waals surface area contributed by atoms with Crippen LogP contribution >= 0.6 is 0 Å². The summed E-state index contributed by atoms with van der Waals surface area (Å²) in [4.78, 5) is 0. The van der Waals surface area contributed by atoms with Gasteiger partial charge in [-0.1, -0.05) is 38.8 Å². The van der Waals surface area contributed by atoms with E-state index in [-0.39, 0.29) is 0 Å². The first kappa shape index (κ1) is 13.4. The van der Waals surface area contributed by atoms with Crippen molar-refractivity contribution in [1.82, 2.24) is 5.32 Å². The van der Waals surface area contributed by atoms with Crippen molar-refractivity contribution >= 4 is 0 Å². The molecule has 0 aromatic heterocycles. The maximum atomic E-state index is 5.75. The van der Waals surface area contributed by atoms with Crippen molar-refractivity contribution in [2.75, 3.05) is 6.61 Å². The molecule has 1 saturated carbocycles. The molecule has 0 aliphatic heterocycles. The topological polar surface area (TPSA) is 21.3 Å². The Morgan fingerprint density at radius 2 is 2.06 bits per heavy atom. The van der Waals surface area contributed by atoms with E-state index in [9.17, 15) is 0 Å². The SMILES string of the molecule is CC(C)COc1cccc(CNC2CCCC2)c1. The Balaban J connectivity index is 1.82. The Morgan fingerprint density at radius 3 is 2.78 bits per heavy atom. The maximum Gasteiger partial charge on any atom is 0.119 e. The van der Waals surface area contributed by atoms with Gasteiger partial charge in [0.2, 0.25) is 0 Å². The van der Waals surface area contributed by atoms with Crippen LogP contribution in [0.3, 0.4) is 0 Å². The smallest absolute Gasteiger partial charge is 0.119 e. The lowest BCUT2D eigenvalue weighted by molar-refractivity contribution is 0.271. The normalized spacial score (nSPS) is 16.4. The van der Waals surface area contributed by atoms with Crippen LogP contribution in [0.25, 0.3) is 0 Å². The minimum absolute atomic E-state index is 0.574. The molecule has 1 fully saturated rings. The first-order valence-electron chi connectivity index (χ1n) is 7.19. The van der Waals surface area contributed by atoms with E-state index in [0.717, 1.165) is 24.9 Å². The molecule has 1 aromatic carbocycles. The molecule has 18 heavy (non-hydrogen) atoms. The molecule has 2 nitrogen and oxygen atoms in total. The Hall–Kier alpha value is -1.02. The number of hydrogen-bond acceptors (Lipinski definition) is 2. The molecule has 1 aliphatic carbocycles. The van der Waals surface area contributed by atoms with Crippen molar-refractivity contribution in [2.24, 2.45) is 5.92 Å². The maximum absolute atomic E-state index is 5.75. The molecule has 2 rings (SSSR count). The van der Waals surface area contributed by atoms with Crippen molar-refractivity contribution in [3.05, 3.63) is 29.8 Å². The van der Waals surface area contributed by atoms with Crippen LogP contribution in [0.1, 0.15) is 45.1 Å². The molecular weight excluding hydrogens is 222 g/mol. The van der Waals surface area contributed by atoms with Gasteiger partial charge < -0.3 is 10.1 Å². The molecular formula is C16H25NO. The molecule has 2 heteroatoms. The van der Waals surface area contributed by atoms with Crippen molar-refractivity contribution in [3.8, 4) is 5.75 Å². The van der Waals surface area contributed by atoms with E-state index >= 15 is 0 Å². The number of rotatable bonds is 6. The third-order valence-corrected chi connectivity index (χ3v) is 3.43. The summed E-state index contributed by atoms with van der Waals surface area (Å²) in [7, 11) is 0. The van der Waals surface area contributed by atoms with E-state index in [1.165, 1.54) is 31.2 Å². The second-order valence-electron chi connectivity index (χ2n) is 5.71. The average Bonchev–Trinajstić information content (AvgIpc) is 2.87. The standard InChI is InChI=1S/C16H25NO/c1-13(2)12-18-16-9-5-6-14(10-16)11-17-15-7-3-4-8-15/h5-6,9-10,13,15,17H,3-4,7-8,11-12H2,1-2H3. The molecule has 0 saturated heterocycles. The summed E-state index contributed by atoms with van der Waals surface area (Å²) < 4.78 is 5.75. The zero-order chi connectivity index (χ0) is 12.8. The molecule has 100 valence electrons. The Morgan fingerprint density at radius 1 is 1.28 bits per heavy atom. The number of benzene rings is 1. The molecule has 1 aliphatic rings. The molecule has 0 heterocycles. The third-order valence-electron chi connectivity index (χ3n) is 3.43. The molecule has 1 N–H and O–H groups in total. The highest BCUT2D eigenvalue weighted by Gasteiger charge is 2.13. The van der Waals surface area contributed by atoms with Crippen molar-refractivity contribution in [2.45, 2.75) is 52.1 Å². The van der Waals surface area contributed by atoms with Gasteiger partial charge in [-0.3, -0.25) is 0 Å². The van der Waals surface area contributed by atoms with Gasteiger partial charge in [-0.15, -0.1) is 0 Å². The van der Waals surface area contributed by atoms with Crippen LogP contribution in [0.15, 0.2) is 24.3 Å². The number of hydrogen-bond donors (Lipinski definition) is 1. The quantitative estimate of drug-likeness (QED) is 0.826. The first-order valence-corrected chi connectivity index (χ1v) is 7.19. The van der Waals surface area contributed by atoms with Crippen molar-refractivity contribution in [3.63, 3.8) is 0 Å². The van der Waals surface area contributed by atoms with Gasteiger partial charge in [0.1, 0.15) is 5.75 Å². The second-order valence-corrected chi connectivity index (χ2v) is 5.71. The van der Waals surface area contributed by atoms with Gasteiger partial charge in [-0.05, 0) is 36.5 Å². The largest absolute Gasteiger partial charge is 0.493 e. The zero-order valence-corrected chi connectivity index (χ0v) is 11.6. The first-order chi connectivity index (χ1) is 8.74. The summed E-state index contributed by atoms with van der Waals surface area (Å²) in [6, 6.07) is 9.18. The second kappa shape index (κ2) is 6.79. The van der Waals surface area contributed by atoms with Gasteiger partial charge in [-0.2, -0.15) is 0 Å². The van der Waals surface area contributed by atoms with Crippen molar-refractivity contribution in [1.29, 1.82) is 0 Å². The number of nitrogens with one attached hydrogen (secondary N) is 1. The fourth-order valence-electron chi connectivity index (χ4n) is 2.40. The van der Waals surface area contributed by atoms with E-state index in [0.29, 0.717) is 5.92 Å². The molecule has 0 bridgehead atoms. The van der Waals surface area contributed by atoms with Gasteiger partial charge in [0, 0.05) is 12.6 Å². The highest BCUT2D eigenvalue weighted by molar-refractivity contribution is 5.28. The lowest BCUT2D eigenvalue weighted by Crippen LogP contribution is -2.25. The minimum Gasteiger partial charge on any atom is -0.493 e. The third kappa shape index (κ3) is 4.34. The van der Waals surface area contributed by atoms with Crippen LogP contribution in [-0.4, -0.2) is 12.6 Å². The summed E-state index contributed by atoms with van der Waals surface area (Å²) in [6.45, 7) is 6.10. The Labute approximate surface area is 111 Å². The molecule has 0 radical (unpaired) electrons. The summed E-state index contributed by atoms with van der Waals surface area (Å²) in [5, 5.41) is 3.63. The highest BCUT2D eigenvalue weighted by Crippen LogP contribution is 2.19. The minimum atomic E-state index is 0.574. The van der Waals surface area contributed by atoms with Crippen molar-refractivity contribution < 1.29 is 4.74 Å². The Bertz CT molecular complexity index is 356. The van der Waals surface area contributed by atoms with E-state index in [4.69, 9.17) is 4.74 Å². The predicted molar refractivity (Wildman–Crippen MR) is 75.9 cm³/mol. The number of ether oxygens (including phenoxy) is 1. The molecule has 0 spiro atoms. The monoisotopic (exact) mass is 247 g/mol. The summed E-state index contributed by atoms with van der Waals surface area (Å²) in [5.74, 6) is 1.57. The molecule has 1 aromatic rings. The summed E-state index contributed by atoms with van der Waals surface area (Å²) >= 11 is 0. The van der Waals surface area contributed by atoms with Crippen LogP contribution in [-0.2, 0) is 6.54 Å². The molecule has 0 atom stereocenters. The van der Waals surface area contributed by atoms with Crippen LogP contribution in [0.5, 0.6) is 5.75 Å². The highest BCUT2D eigenvalue weighted by atomic mass is 16.5. The van der Waals surface area contributed by atoms with Crippen LogP contribution in [0.4, 0.5) is 0 Å². The van der Waals surface area contributed by atoms with Crippen LogP contribution in [0.2, 0.25) is 0 Å². The summed E-state index contributed by atoms with van der Waals surface area (Å²) in [5.41, 5.74) is 1.32. The van der Waals surface area contributed by atoms with E-state index in [1.807, 2.05) is 6.07 Å².